The second-order valence-corrected chi connectivity index (χ2v) is 4.36. The van der Waals surface area contributed by atoms with Crippen LogP contribution in [0.25, 0.3) is 11.4 Å². The van der Waals surface area contributed by atoms with Crippen LogP contribution in [0.4, 0.5) is 0 Å². The average molecular weight is 277 g/mol. The molecule has 0 saturated heterocycles. The van der Waals surface area contributed by atoms with Crippen molar-refractivity contribution in [3.8, 4) is 22.9 Å². The van der Waals surface area contributed by atoms with Gasteiger partial charge in [0.2, 0.25) is 11.7 Å². The minimum absolute atomic E-state index is 0.532. The molecule has 2 N–H and O–H groups in total. The molecule has 0 aliphatic heterocycles. The van der Waals surface area contributed by atoms with Crippen LogP contribution >= 0.6 is 0 Å². The molecule has 0 aliphatic rings. The zero-order chi connectivity index (χ0) is 14.4. The summed E-state index contributed by atoms with van der Waals surface area (Å²) in [5.41, 5.74) is 6.26. The van der Waals surface area contributed by atoms with E-state index < -0.39 is 0 Å². The van der Waals surface area contributed by atoms with Crippen LogP contribution in [0.3, 0.4) is 0 Å². The Balaban J connectivity index is 2.18. The molecule has 1 aromatic carbocycles. The van der Waals surface area contributed by atoms with E-state index in [1.807, 2.05) is 12.1 Å². The maximum Gasteiger partial charge on any atom is 0.226 e. The van der Waals surface area contributed by atoms with Crippen LogP contribution < -0.4 is 15.2 Å². The van der Waals surface area contributed by atoms with Gasteiger partial charge in [0, 0.05) is 18.1 Å². The average Bonchev–Trinajstić information content (AvgIpc) is 2.96. The maximum atomic E-state index is 5.46. The van der Waals surface area contributed by atoms with Crippen molar-refractivity contribution < 1.29 is 14.0 Å². The molecule has 6 nitrogen and oxygen atoms in total. The van der Waals surface area contributed by atoms with Gasteiger partial charge in [-0.15, -0.1) is 0 Å². The summed E-state index contributed by atoms with van der Waals surface area (Å²) in [4.78, 5) is 4.37. The van der Waals surface area contributed by atoms with Gasteiger partial charge in [-0.3, -0.25) is 0 Å². The Hall–Kier alpha value is -2.08. The SMILES string of the molecule is COc1cc(OC)cc(-c2noc(CCCCN)n2)c1. The fraction of sp³-hybridized carbons (Fsp3) is 0.429. The fourth-order valence-corrected chi connectivity index (χ4v) is 1.83. The van der Waals surface area contributed by atoms with E-state index in [0.717, 1.165) is 24.8 Å². The molecule has 0 unspecified atom stereocenters. The first-order chi connectivity index (χ1) is 9.76. The minimum Gasteiger partial charge on any atom is -0.497 e. The van der Waals surface area contributed by atoms with E-state index in [1.165, 1.54) is 0 Å². The third-order valence-electron chi connectivity index (χ3n) is 2.92. The zero-order valence-electron chi connectivity index (χ0n) is 11.8. The van der Waals surface area contributed by atoms with Crippen molar-refractivity contribution >= 4 is 0 Å². The molecule has 6 heteroatoms. The third-order valence-corrected chi connectivity index (χ3v) is 2.92. The first-order valence-corrected chi connectivity index (χ1v) is 6.53. The van der Waals surface area contributed by atoms with Crippen LogP contribution in [0, 0.1) is 0 Å². The summed E-state index contributed by atoms with van der Waals surface area (Å²) in [5, 5.41) is 3.99. The molecule has 1 aromatic heterocycles. The number of nitrogens with two attached hydrogens (primary N) is 1. The largest absolute Gasteiger partial charge is 0.497 e. The lowest BCUT2D eigenvalue weighted by Gasteiger charge is -2.05. The van der Waals surface area contributed by atoms with Gasteiger partial charge >= 0.3 is 0 Å². The summed E-state index contributed by atoms with van der Waals surface area (Å²) in [6.07, 6.45) is 2.63. The third kappa shape index (κ3) is 3.48. The Labute approximate surface area is 117 Å². The van der Waals surface area contributed by atoms with Crippen LogP contribution in [0.2, 0.25) is 0 Å². The first kappa shape index (κ1) is 14.3. The van der Waals surface area contributed by atoms with E-state index in [4.69, 9.17) is 19.7 Å². The van der Waals surface area contributed by atoms with Crippen molar-refractivity contribution in [3.63, 3.8) is 0 Å². The van der Waals surface area contributed by atoms with E-state index in [1.54, 1.807) is 20.3 Å². The van der Waals surface area contributed by atoms with Crippen molar-refractivity contribution in [2.45, 2.75) is 19.3 Å². The Morgan fingerprint density at radius 3 is 2.40 bits per heavy atom. The number of hydrogen-bond acceptors (Lipinski definition) is 6. The van der Waals surface area contributed by atoms with E-state index in [2.05, 4.69) is 10.1 Å². The van der Waals surface area contributed by atoms with Crippen LogP contribution in [-0.4, -0.2) is 30.9 Å². The number of nitrogens with zero attached hydrogens (tertiary/aromatic N) is 2. The lowest BCUT2D eigenvalue weighted by Crippen LogP contribution is -1.99. The number of hydrogen-bond donors (Lipinski definition) is 1. The molecule has 2 rings (SSSR count). The highest BCUT2D eigenvalue weighted by atomic mass is 16.5. The van der Waals surface area contributed by atoms with Gasteiger partial charge in [0.25, 0.3) is 0 Å². The monoisotopic (exact) mass is 277 g/mol. The number of ether oxygens (including phenoxy) is 2. The second kappa shape index (κ2) is 6.91. The van der Waals surface area contributed by atoms with Gasteiger partial charge in [-0.25, -0.2) is 0 Å². The molecule has 20 heavy (non-hydrogen) atoms. The fourth-order valence-electron chi connectivity index (χ4n) is 1.83. The van der Waals surface area contributed by atoms with Crippen molar-refractivity contribution in [1.82, 2.24) is 10.1 Å². The number of rotatable bonds is 7. The summed E-state index contributed by atoms with van der Waals surface area (Å²) in [7, 11) is 3.21. The summed E-state index contributed by atoms with van der Waals surface area (Å²) in [5.74, 6) is 2.53. The minimum atomic E-state index is 0.532. The summed E-state index contributed by atoms with van der Waals surface area (Å²) in [6.45, 7) is 0.675. The van der Waals surface area contributed by atoms with Crippen molar-refractivity contribution in [2.24, 2.45) is 5.73 Å². The highest BCUT2D eigenvalue weighted by Crippen LogP contribution is 2.28. The van der Waals surface area contributed by atoms with Gasteiger partial charge in [-0.05, 0) is 31.5 Å². The normalized spacial score (nSPS) is 10.6. The van der Waals surface area contributed by atoms with Gasteiger partial charge in [0.05, 0.1) is 14.2 Å². The molecule has 108 valence electrons. The number of aryl methyl sites for hydroxylation is 1. The number of methoxy groups -OCH3 is 2. The first-order valence-electron chi connectivity index (χ1n) is 6.53. The number of benzene rings is 1. The van der Waals surface area contributed by atoms with E-state index in [-0.39, 0.29) is 0 Å². The topological polar surface area (TPSA) is 83.4 Å². The predicted octanol–water partition coefficient (Wildman–Crippen LogP) is 2.04. The lowest BCUT2D eigenvalue weighted by atomic mass is 10.2. The summed E-state index contributed by atoms with van der Waals surface area (Å²) >= 11 is 0. The number of unbranched alkanes of at least 4 members (excludes halogenated alkanes) is 1. The molecule has 0 fully saturated rings. The van der Waals surface area contributed by atoms with Gasteiger partial charge in [-0.2, -0.15) is 4.98 Å². The summed E-state index contributed by atoms with van der Waals surface area (Å²) < 4.78 is 15.7. The van der Waals surface area contributed by atoms with E-state index >= 15 is 0 Å². The number of aromatic nitrogens is 2. The van der Waals surface area contributed by atoms with Crippen molar-refractivity contribution in [1.29, 1.82) is 0 Å². The lowest BCUT2D eigenvalue weighted by molar-refractivity contribution is 0.375. The molecule has 2 aromatic rings. The van der Waals surface area contributed by atoms with Crippen molar-refractivity contribution in [3.05, 3.63) is 24.1 Å². The Morgan fingerprint density at radius 2 is 1.80 bits per heavy atom. The van der Waals surface area contributed by atoms with Crippen molar-refractivity contribution in [2.75, 3.05) is 20.8 Å². The molecule has 0 saturated carbocycles. The Bertz CT molecular complexity index is 532. The highest BCUT2D eigenvalue weighted by molar-refractivity contribution is 5.60. The quantitative estimate of drug-likeness (QED) is 0.780. The predicted molar refractivity (Wildman–Crippen MR) is 74.8 cm³/mol. The van der Waals surface area contributed by atoms with Crippen LogP contribution in [0.5, 0.6) is 11.5 Å². The van der Waals surface area contributed by atoms with E-state index in [0.29, 0.717) is 29.8 Å². The van der Waals surface area contributed by atoms with Crippen LogP contribution in [-0.2, 0) is 6.42 Å². The van der Waals surface area contributed by atoms with E-state index in [9.17, 15) is 0 Å². The van der Waals surface area contributed by atoms with Gasteiger partial charge in [0.1, 0.15) is 11.5 Å². The molecular formula is C14H19N3O3. The molecule has 0 aliphatic carbocycles. The standard InChI is InChI=1S/C14H19N3O3/c1-18-11-7-10(8-12(9-11)19-2)14-16-13(20-17-14)5-3-4-6-15/h7-9H,3-6,15H2,1-2H3. The molecule has 0 spiro atoms. The highest BCUT2D eigenvalue weighted by Gasteiger charge is 2.11. The molecule has 0 radical (unpaired) electrons. The smallest absolute Gasteiger partial charge is 0.226 e. The maximum absolute atomic E-state index is 5.46. The van der Waals surface area contributed by atoms with Crippen LogP contribution in [0.15, 0.2) is 22.7 Å². The van der Waals surface area contributed by atoms with Crippen LogP contribution in [0.1, 0.15) is 18.7 Å². The second-order valence-electron chi connectivity index (χ2n) is 4.36. The molecular weight excluding hydrogens is 258 g/mol. The Morgan fingerprint density at radius 1 is 1.10 bits per heavy atom. The Kier molecular flexibility index (Phi) is 4.95. The molecule has 1 heterocycles. The molecule has 0 bridgehead atoms. The zero-order valence-corrected chi connectivity index (χ0v) is 11.8. The van der Waals surface area contributed by atoms with Gasteiger partial charge in [-0.1, -0.05) is 5.16 Å². The van der Waals surface area contributed by atoms with Gasteiger partial charge in [0.15, 0.2) is 0 Å². The molecule has 0 amide bonds. The molecule has 0 atom stereocenters. The van der Waals surface area contributed by atoms with Gasteiger partial charge < -0.3 is 19.7 Å². The summed E-state index contributed by atoms with van der Waals surface area (Å²) in [6, 6.07) is 5.49.